The number of hydrogen-bond acceptors (Lipinski definition) is 2. The smallest absolute Gasteiger partial charge is 0.0831 e. The van der Waals surface area contributed by atoms with Gasteiger partial charge in [0, 0.05) is 0 Å². The lowest BCUT2D eigenvalue weighted by Crippen LogP contribution is -1.93. The van der Waals surface area contributed by atoms with Gasteiger partial charge in [0.1, 0.15) is 0 Å². The van der Waals surface area contributed by atoms with Gasteiger partial charge in [-0.15, -0.1) is 5.10 Å². The van der Waals surface area contributed by atoms with Gasteiger partial charge in [-0.3, -0.25) is 0 Å². The van der Waals surface area contributed by atoms with Crippen LogP contribution in [0, 0.1) is 0 Å². The Kier molecular flexibility index (Phi) is 6.99. The fourth-order valence-corrected chi connectivity index (χ4v) is 2.56. The number of aryl methyl sites for hydroxylation is 1. The lowest BCUT2D eigenvalue weighted by molar-refractivity contribution is 0.574. The number of unbranched alkanes of at least 4 members (excludes halogenated alkanes) is 7. The Morgan fingerprint density at radius 3 is 2.24 bits per heavy atom. The van der Waals surface area contributed by atoms with Crippen LogP contribution in [0.15, 0.2) is 36.5 Å². The topological polar surface area (TPSA) is 30.7 Å². The molecule has 0 radical (unpaired) electrons. The summed E-state index contributed by atoms with van der Waals surface area (Å²) in [6.45, 7) is 2.27. The molecule has 0 aliphatic heterocycles. The Bertz CT molecular complexity index is 490. The molecule has 1 aromatic heterocycles. The normalized spacial score (nSPS) is 10.9. The zero-order chi connectivity index (χ0) is 14.8. The van der Waals surface area contributed by atoms with Gasteiger partial charge in [-0.25, -0.2) is 4.68 Å². The van der Waals surface area contributed by atoms with Crippen molar-refractivity contribution >= 4 is 0 Å². The first-order valence-corrected chi connectivity index (χ1v) is 8.37. The number of para-hydroxylation sites is 1. The van der Waals surface area contributed by atoms with Crippen LogP contribution in [0.2, 0.25) is 0 Å². The summed E-state index contributed by atoms with van der Waals surface area (Å²) in [7, 11) is 0. The van der Waals surface area contributed by atoms with Gasteiger partial charge in [0.15, 0.2) is 0 Å². The van der Waals surface area contributed by atoms with Gasteiger partial charge >= 0.3 is 0 Å². The van der Waals surface area contributed by atoms with E-state index in [1.165, 1.54) is 51.4 Å². The van der Waals surface area contributed by atoms with Crippen molar-refractivity contribution in [3.05, 3.63) is 42.2 Å². The largest absolute Gasteiger partial charge is 0.220 e. The van der Waals surface area contributed by atoms with Crippen molar-refractivity contribution in [1.82, 2.24) is 15.0 Å². The summed E-state index contributed by atoms with van der Waals surface area (Å²) in [6.07, 6.45) is 13.9. The summed E-state index contributed by atoms with van der Waals surface area (Å²) in [4.78, 5) is 0. The molecule has 0 aliphatic rings. The third-order valence-electron chi connectivity index (χ3n) is 3.85. The van der Waals surface area contributed by atoms with E-state index >= 15 is 0 Å². The molecule has 0 saturated carbocycles. The summed E-state index contributed by atoms with van der Waals surface area (Å²) in [5, 5.41) is 8.47. The van der Waals surface area contributed by atoms with Crippen LogP contribution < -0.4 is 0 Å². The lowest BCUT2D eigenvalue weighted by atomic mass is 10.1. The number of hydrogen-bond donors (Lipinski definition) is 0. The Morgan fingerprint density at radius 1 is 0.857 bits per heavy atom. The molecule has 0 aliphatic carbocycles. The standard InChI is InChI=1S/C18H27N3/c1-2-3-4-5-6-7-8-10-13-17-16-21(20-19-17)18-14-11-9-12-15-18/h9,11-12,14-16H,2-8,10,13H2,1H3. The highest BCUT2D eigenvalue weighted by Gasteiger charge is 2.02. The van der Waals surface area contributed by atoms with Crippen LogP contribution in [0.5, 0.6) is 0 Å². The van der Waals surface area contributed by atoms with Crippen molar-refractivity contribution in [2.24, 2.45) is 0 Å². The summed E-state index contributed by atoms with van der Waals surface area (Å²) in [5.74, 6) is 0. The second-order valence-electron chi connectivity index (χ2n) is 5.71. The van der Waals surface area contributed by atoms with Crippen molar-refractivity contribution < 1.29 is 0 Å². The monoisotopic (exact) mass is 285 g/mol. The van der Waals surface area contributed by atoms with Crippen LogP contribution in [-0.2, 0) is 6.42 Å². The van der Waals surface area contributed by atoms with Crippen LogP contribution >= 0.6 is 0 Å². The first kappa shape index (κ1) is 15.7. The number of aromatic nitrogens is 3. The quantitative estimate of drug-likeness (QED) is 0.578. The van der Waals surface area contributed by atoms with Crippen molar-refractivity contribution in [3.63, 3.8) is 0 Å². The number of rotatable bonds is 10. The maximum atomic E-state index is 4.26. The molecule has 0 unspecified atom stereocenters. The molecule has 0 spiro atoms. The predicted octanol–water partition coefficient (Wildman–Crippen LogP) is 4.95. The minimum absolute atomic E-state index is 1.04. The molecule has 1 aromatic carbocycles. The van der Waals surface area contributed by atoms with E-state index in [9.17, 15) is 0 Å². The van der Waals surface area contributed by atoms with E-state index in [-0.39, 0.29) is 0 Å². The predicted molar refractivity (Wildman–Crippen MR) is 87.7 cm³/mol. The third-order valence-corrected chi connectivity index (χ3v) is 3.85. The second-order valence-corrected chi connectivity index (χ2v) is 5.71. The molecular weight excluding hydrogens is 258 g/mol. The Morgan fingerprint density at radius 2 is 1.52 bits per heavy atom. The zero-order valence-electron chi connectivity index (χ0n) is 13.2. The van der Waals surface area contributed by atoms with Gasteiger partial charge in [0.2, 0.25) is 0 Å². The second kappa shape index (κ2) is 9.32. The van der Waals surface area contributed by atoms with Crippen LogP contribution in [-0.4, -0.2) is 15.0 Å². The molecule has 0 fully saturated rings. The highest BCUT2D eigenvalue weighted by molar-refractivity contribution is 5.29. The zero-order valence-corrected chi connectivity index (χ0v) is 13.2. The fraction of sp³-hybridized carbons (Fsp3) is 0.556. The van der Waals surface area contributed by atoms with Gasteiger partial charge in [-0.2, -0.15) is 0 Å². The molecule has 3 heteroatoms. The Labute approximate surface area is 128 Å². The molecule has 1 heterocycles. The van der Waals surface area contributed by atoms with Crippen molar-refractivity contribution in [3.8, 4) is 5.69 Å². The van der Waals surface area contributed by atoms with Crippen LogP contribution in [0.4, 0.5) is 0 Å². The van der Waals surface area contributed by atoms with Gasteiger partial charge < -0.3 is 0 Å². The number of benzene rings is 1. The summed E-state index contributed by atoms with van der Waals surface area (Å²) < 4.78 is 1.86. The van der Waals surface area contributed by atoms with Crippen LogP contribution in [0.25, 0.3) is 5.69 Å². The van der Waals surface area contributed by atoms with E-state index in [1.54, 1.807) is 0 Å². The van der Waals surface area contributed by atoms with Gasteiger partial charge in [0.05, 0.1) is 17.6 Å². The van der Waals surface area contributed by atoms with Crippen molar-refractivity contribution in [2.75, 3.05) is 0 Å². The van der Waals surface area contributed by atoms with Gasteiger partial charge in [-0.1, -0.05) is 75.3 Å². The molecule has 21 heavy (non-hydrogen) atoms. The fourth-order valence-electron chi connectivity index (χ4n) is 2.56. The minimum atomic E-state index is 1.04. The highest BCUT2D eigenvalue weighted by atomic mass is 15.4. The third kappa shape index (κ3) is 5.70. The van der Waals surface area contributed by atoms with E-state index < -0.39 is 0 Å². The molecule has 3 nitrogen and oxygen atoms in total. The minimum Gasteiger partial charge on any atom is -0.220 e. The van der Waals surface area contributed by atoms with Gasteiger partial charge in [0.25, 0.3) is 0 Å². The molecule has 2 aromatic rings. The van der Waals surface area contributed by atoms with E-state index in [0.717, 1.165) is 17.8 Å². The Hall–Kier alpha value is -1.64. The first-order valence-electron chi connectivity index (χ1n) is 8.37. The summed E-state index contributed by atoms with van der Waals surface area (Å²) in [6, 6.07) is 10.2. The van der Waals surface area contributed by atoms with E-state index in [4.69, 9.17) is 0 Å². The van der Waals surface area contributed by atoms with E-state index in [2.05, 4.69) is 35.6 Å². The molecule has 0 bridgehead atoms. The van der Waals surface area contributed by atoms with E-state index in [0.29, 0.717) is 0 Å². The number of nitrogens with zero attached hydrogens (tertiary/aromatic N) is 3. The molecule has 2 rings (SSSR count). The van der Waals surface area contributed by atoms with E-state index in [1.807, 2.05) is 22.9 Å². The average molecular weight is 285 g/mol. The lowest BCUT2D eigenvalue weighted by Gasteiger charge is -2.00. The maximum absolute atomic E-state index is 4.26. The summed E-state index contributed by atoms with van der Waals surface area (Å²) in [5.41, 5.74) is 2.18. The molecule has 0 N–H and O–H groups in total. The molecule has 114 valence electrons. The molecule has 0 amide bonds. The first-order chi connectivity index (χ1) is 10.4. The summed E-state index contributed by atoms with van der Waals surface area (Å²) >= 11 is 0. The molecular formula is C18H27N3. The van der Waals surface area contributed by atoms with Crippen molar-refractivity contribution in [1.29, 1.82) is 0 Å². The van der Waals surface area contributed by atoms with Crippen LogP contribution in [0.1, 0.15) is 64.0 Å². The Balaban J connectivity index is 1.63. The maximum Gasteiger partial charge on any atom is 0.0831 e. The van der Waals surface area contributed by atoms with Gasteiger partial charge in [-0.05, 0) is 25.0 Å². The molecule has 0 saturated heterocycles. The average Bonchev–Trinajstić information content (AvgIpc) is 3.00. The van der Waals surface area contributed by atoms with Crippen molar-refractivity contribution in [2.45, 2.75) is 64.7 Å². The van der Waals surface area contributed by atoms with Crippen LogP contribution in [0.3, 0.4) is 0 Å². The molecule has 0 atom stereocenters. The SMILES string of the molecule is CCCCCCCCCCc1cn(-c2ccccc2)nn1. The highest BCUT2D eigenvalue weighted by Crippen LogP contribution is 2.11.